The zero-order valence-corrected chi connectivity index (χ0v) is 7.38. The SMILES string of the molecule is [2H][13C]([2H])([13C](=O)OC)P(=O)(OC)OC. The fraction of sp³-hybridized carbons (Fsp3) is 0.800. The Labute approximate surface area is 68.0 Å². The van der Waals surface area contributed by atoms with Gasteiger partial charge in [0.2, 0.25) is 0 Å². The second-order valence-corrected chi connectivity index (χ2v) is 3.41. The van der Waals surface area contributed by atoms with Crippen LogP contribution < -0.4 is 0 Å². The van der Waals surface area contributed by atoms with Gasteiger partial charge in [-0.25, -0.2) is 0 Å². The van der Waals surface area contributed by atoms with Gasteiger partial charge in [0.15, 0.2) is 0 Å². The van der Waals surface area contributed by atoms with E-state index in [2.05, 4.69) is 13.8 Å². The van der Waals surface area contributed by atoms with Crippen molar-refractivity contribution in [2.75, 3.05) is 27.4 Å². The van der Waals surface area contributed by atoms with Crippen LogP contribution in [0.25, 0.3) is 0 Å². The number of esters is 1. The second-order valence-electron chi connectivity index (χ2n) is 1.47. The zero-order valence-electron chi connectivity index (χ0n) is 8.49. The van der Waals surface area contributed by atoms with Crippen molar-refractivity contribution >= 4 is 13.6 Å². The standard InChI is InChI=1S/C5H11O5P/c1-8-5(6)4-11(7,9-2)10-3/h4H2,1-3H3/i4+1D2,5+1. The van der Waals surface area contributed by atoms with Gasteiger partial charge >= 0.3 is 13.6 Å². The highest BCUT2D eigenvalue weighted by atomic mass is 31.2. The Kier molecular flexibility index (Phi) is 2.97. The first-order chi connectivity index (χ1) is 5.85. The Morgan fingerprint density at radius 1 is 1.45 bits per heavy atom. The van der Waals surface area contributed by atoms with Crippen LogP contribution in [0.5, 0.6) is 0 Å². The van der Waals surface area contributed by atoms with Crippen LogP contribution in [-0.4, -0.2) is 33.4 Å². The topological polar surface area (TPSA) is 61.8 Å². The molecule has 0 amide bonds. The van der Waals surface area contributed by atoms with Gasteiger partial charge in [-0.15, -0.1) is 0 Å². The number of hydrogen-bond donors (Lipinski definition) is 0. The number of rotatable bonds is 4. The maximum absolute atomic E-state index is 11.5. The molecule has 0 saturated carbocycles. The molecule has 0 rings (SSSR count). The molecule has 0 radical (unpaired) electrons. The predicted molar refractivity (Wildman–Crippen MR) is 38.5 cm³/mol. The lowest BCUT2D eigenvalue weighted by Gasteiger charge is -2.10. The van der Waals surface area contributed by atoms with Crippen molar-refractivity contribution in [1.29, 1.82) is 0 Å². The summed E-state index contributed by atoms with van der Waals surface area (Å²) in [4.78, 5) is 10.9. The largest absolute Gasteiger partial charge is 0.469 e. The third-order valence-electron chi connectivity index (χ3n) is 0.894. The van der Waals surface area contributed by atoms with E-state index in [1.54, 1.807) is 0 Å². The lowest BCUT2D eigenvalue weighted by Crippen LogP contribution is -2.08. The van der Waals surface area contributed by atoms with E-state index >= 15 is 0 Å². The quantitative estimate of drug-likeness (QED) is 0.366. The van der Waals surface area contributed by atoms with Crippen LogP contribution >= 0.6 is 7.60 Å². The van der Waals surface area contributed by atoms with E-state index < -0.39 is 19.7 Å². The molecule has 66 valence electrons. The third-order valence-corrected chi connectivity index (χ3v) is 2.31. The third kappa shape index (κ3) is 3.51. The molecule has 6 heteroatoms. The number of methoxy groups -OCH3 is 1. The van der Waals surface area contributed by atoms with E-state index in [-0.39, 0.29) is 0 Å². The molecule has 11 heavy (non-hydrogen) atoms. The molecular weight excluding hydrogens is 173 g/mol. The highest BCUT2D eigenvalue weighted by Crippen LogP contribution is 2.45. The monoisotopic (exact) mass is 186 g/mol. The van der Waals surface area contributed by atoms with E-state index in [4.69, 9.17) is 2.74 Å². The lowest BCUT2D eigenvalue weighted by atomic mass is 11.6. The average molecular weight is 186 g/mol. The van der Waals surface area contributed by atoms with E-state index in [9.17, 15) is 9.36 Å². The van der Waals surface area contributed by atoms with Gasteiger partial charge in [-0.1, -0.05) is 0 Å². The maximum Gasteiger partial charge on any atom is 0.341 e. The highest BCUT2D eigenvalue weighted by Gasteiger charge is 2.25. The van der Waals surface area contributed by atoms with Crippen LogP contribution in [0.3, 0.4) is 0 Å². The summed E-state index contributed by atoms with van der Waals surface area (Å²) in [5.74, 6) is -1.29. The van der Waals surface area contributed by atoms with E-state index in [0.29, 0.717) is 0 Å². The summed E-state index contributed by atoms with van der Waals surface area (Å²) in [6.45, 7) is 0. The summed E-state index contributed by atoms with van der Waals surface area (Å²) >= 11 is 0. The molecule has 0 saturated heterocycles. The summed E-state index contributed by atoms with van der Waals surface area (Å²) in [6.07, 6.45) is -2.79. The average Bonchev–Trinajstić information content (AvgIpc) is 2.14. The minimum absolute atomic E-state index is 0.982. The fourth-order valence-electron chi connectivity index (χ4n) is 0.323. The van der Waals surface area contributed by atoms with Crippen LogP contribution in [-0.2, 0) is 23.1 Å². The number of hydrogen-bond acceptors (Lipinski definition) is 5. The predicted octanol–water partition coefficient (Wildman–Crippen LogP) is 0.645. The van der Waals surface area contributed by atoms with E-state index in [1.807, 2.05) is 0 Å². The van der Waals surface area contributed by atoms with Gasteiger partial charge < -0.3 is 13.8 Å². The highest BCUT2D eigenvalue weighted by molar-refractivity contribution is 7.54. The molecule has 0 heterocycles. The summed E-state index contributed by atoms with van der Waals surface area (Å²) < 4.78 is 38.6. The molecule has 0 N–H and O–H groups in total. The van der Waals surface area contributed by atoms with Gasteiger partial charge in [-0.2, -0.15) is 0 Å². The first-order valence-electron chi connectivity index (χ1n) is 3.65. The molecule has 0 atom stereocenters. The van der Waals surface area contributed by atoms with Crippen LogP contribution in [0.15, 0.2) is 0 Å². The second kappa shape index (κ2) is 4.49. The summed E-state index contributed by atoms with van der Waals surface area (Å²) in [7, 11) is -1.13. The van der Waals surface area contributed by atoms with Gasteiger partial charge in [-0.05, 0) is 0 Å². The van der Waals surface area contributed by atoms with E-state index in [1.165, 1.54) is 0 Å². The van der Waals surface area contributed by atoms with Crippen LogP contribution in [0.2, 0.25) is 0 Å². The van der Waals surface area contributed by atoms with Crippen molar-refractivity contribution < 1.29 is 25.9 Å². The smallest absolute Gasteiger partial charge is 0.341 e. The van der Waals surface area contributed by atoms with Crippen molar-refractivity contribution in [3.63, 3.8) is 0 Å². The molecule has 0 aromatic rings. The summed E-state index contributed by atoms with van der Waals surface area (Å²) in [6, 6.07) is 0. The Morgan fingerprint density at radius 2 is 1.91 bits per heavy atom. The van der Waals surface area contributed by atoms with Crippen molar-refractivity contribution in [1.82, 2.24) is 0 Å². The molecule has 0 aromatic heterocycles. The molecular formula is C5H11O5P. The molecule has 0 aliphatic rings. The number of carbonyl (C=O) groups is 1. The first-order valence-corrected chi connectivity index (χ1v) is 4.20. The van der Waals surface area contributed by atoms with Crippen molar-refractivity contribution in [2.45, 2.75) is 0 Å². The minimum Gasteiger partial charge on any atom is -0.469 e. The van der Waals surface area contributed by atoms with Crippen molar-refractivity contribution in [2.24, 2.45) is 0 Å². The summed E-state index contributed by atoms with van der Waals surface area (Å²) in [5, 5.41) is 0. The van der Waals surface area contributed by atoms with E-state index in [0.717, 1.165) is 21.3 Å². The zero-order chi connectivity index (χ0) is 10.7. The van der Waals surface area contributed by atoms with Gasteiger partial charge in [0, 0.05) is 14.2 Å². The van der Waals surface area contributed by atoms with Gasteiger partial charge in [-0.3, -0.25) is 9.36 Å². The van der Waals surface area contributed by atoms with Crippen LogP contribution in [0, 0.1) is 0 Å². The molecule has 0 bridgehead atoms. The van der Waals surface area contributed by atoms with Gasteiger partial charge in [0.05, 0.1) is 9.85 Å². The Balaban J connectivity index is 5.00. The van der Waals surface area contributed by atoms with Crippen molar-refractivity contribution in [3.8, 4) is 0 Å². The molecule has 0 aliphatic carbocycles. The Bertz CT molecular complexity index is 233. The molecule has 0 unspecified atom stereocenters. The molecule has 0 aromatic carbocycles. The molecule has 0 spiro atoms. The lowest BCUT2D eigenvalue weighted by molar-refractivity contribution is -0.137. The number of carbonyl (C=O) groups excluding carboxylic acids is 1. The van der Waals surface area contributed by atoms with Crippen molar-refractivity contribution in [3.05, 3.63) is 0 Å². The minimum atomic E-state index is -4.10. The molecule has 0 aliphatic heterocycles. The van der Waals surface area contributed by atoms with Crippen LogP contribution in [0.1, 0.15) is 2.74 Å². The first kappa shape index (κ1) is 7.28. The molecule has 5 nitrogen and oxygen atoms in total. The fourth-order valence-corrected chi connectivity index (χ4v) is 0.970. The maximum atomic E-state index is 11.5. The Morgan fingerprint density at radius 3 is 2.18 bits per heavy atom. The Hall–Kier alpha value is -0.380. The molecule has 0 fully saturated rings. The van der Waals surface area contributed by atoms with Gasteiger partial charge in [0.1, 0.15) is 6.11 Å². The number of ether oxygens (including phenoxy) is 1. The van der Waals surface area contributed by atoms with Gasteiger partial charge in [0.25, 0.3) is 0 Å². The summed E-state index contributed by atoms with van der Waals surface area (Å²) in [5.41, 5.74) is 0. The van der Waals surface area contributed by atoms with Crippen LogP contribution in [0.4, 0.5) is 0 Å². The normalized spacial score (nSPS) is 15.2.